The summed E-state index contributed by atoms with van der Waals surface area (Å²) >= 11 is 0. The number of carbonyl (C=O) groups is 3. The Bertz CT molecular complexity index is 474. The number of carbonyl (C=O) groups excluding carboxylic acids is 3. The first kappa shape index (κ1) is 20.3. The van der Waals surface area contributed by atoms with Crippen LogP contribution >= 0.6 is 0 Å². The quantitative estimate of drug-likeness (QED) is 0.732. The third-order valence-electron chi connectivity index (χ3n) is 3.20. The zero-order valence-electron chi connectivity index (χ0n) is 15.7. The molecule has 0 aromatic carbocycles. The number of hydrogen-bond acceptors (Lipinski definition) is 5. The summed E-state index contributed by atoms with van der Waals surface area (Å²) in [6, 6.07) is 0. The van der Waals surface area contributed by atoms with Crippen molar-refractivity contribution < 1.29 is 23.9 Å². The van der Waals surface area contributed by atoms with Gasteiger partial charge in [0.05, 0.1) is 0 Å². The molecule has 1 rings (SSSR count). The van der Waals surface area contributed by atoms with Crippen molar-refractivity contribution in [2.75, 3.05) is 26.2 Å². The van der Waals surface area contributed by atoms with Crippen LogP contribution in [0.15, 0.2) is 0 Å². The lowest BCUT2D eigenvalue weighted by Crippen LogP contribution is -2.53. The van der Waals surface area contributed by atoms with Crippen LogP contribution in [0.3, 0.4) is 0 Å². The van der Waals surface area contributed by atoms with Gasteiger partial charge in [-0.2, -0.15) is 0 Å². The van der Waals surface area contributed by atoms with Crippen LogP contribution in [0, 0.1) is 0 Å². The molecule has 0 saturated carbocycles. The summed E-state index contributed by atoms with van der Waals surface area (Å²) in [5.41, 5.74) is -1.07. The molecule has 2 amide bonds. The first-order valence-electron chi connectivity index (χ1n) is 8.35. The van der Waals surface area contributed by atoms with E-state index in [9.17, 15) is 14.4 Å². The lowest BCUT2D eigenvalue weighted by molar-refractivity contribution is -0.155. The van der Waals surface area contributed by atoms with Crippen LogP contribution in [-0.2, 0) is 19.1 Å². The molecule has 0 atom stereocenters. The Hall–Kier alpha value is -1.79. The van der Waals surface area contributed by atoms with Crippen molar-refractivity contribution in [2.24, 2.45) is 0 Å². The van der Waals surface area contributed by atoms with Crippen LogP contribution in [0.1, 0.15) is 54.4 Å². The van der Waals surface area contributed by atoms with Crippen LogP contribution in [0.2, 0.25) is 0 Å². The van der Waals surface area contributed by atoms with Crippen molar-refractivity contribution >= 4 is 18.0 Å². The lowest BCUT2D eigenvalue weighted by Gasteiger charge is -2.35. The number of amides is 2. The molecular weight excluding hydrogens is 312 g/mol. The molecule has 7 nitrogen and oxygen atoms in total. The Balaban J connectivity index is 2.36. The van der Waals surface area contributed by atoms with Gasteiger partial charge in [0, 0.05) is 26.1 Å². The van der Waals surface area contributed by atoms with Gasteiger partial charge in [-0.15, -0.1) is 0 Å². The zero-order valence-corrected chi connectivity index (χ0v) is 15.7. The van der Waals surface area contributed by atoms with Gasteiger partial charge in [0.15, 0.2) is 0 Å². The van der Waals surface area contributed by atoms with E-state index >= 15 is 0 Å². The number of rotatable bonds is 4. The number of nitrogens with zero attached hydrogens (tertiary/aromatic N) is 2. The number of ether oxygens (including phenoxy) is 2. The first-order chi connectivity index (χ1) is 10.9. The van der Waals surface area contributed by atoms with Crippen LogP contribution < -0.4 is 0 Å². The summed E-state index contributed by atoms with van der Waals surface area (Å²) in [5, 5.41) is 0. The zero-order chi connectivity index (χ0) is 18.5. The van der Waals surface area contributed by atoms with E-state index in [4.69, 9.17) is 9.47 Å². The van der Waals surface area contributed by atoms with Gasteiger partial charge in [0.1, 0.15) is 17.7 Å². The van der Waals surface area contributed by atoms with E-state index in [1.165, 1.54) is 4.90 Å². The maximum Gasteiger partial charge on any atom is 0.410 e. The van der Waals surface area contributed by atoms with Crippen molar-refractivity contribution in [3.05, 3.63) is 0 Å². The molecule has 24 heavy (non-hydrogen) atoms. The molecule has 0 aromatic rings. The number of hydrogen-bond donors (Lipinski definition) is 0. The second-order valence-corrected chi connectivity index (χ2v) is 7.97. The van der Waals surface area contributed by atoms with Gasteiger partial charge in [-0.1, -0.05) is 0 Å². The fourth-order valence-corrected chi connectivity index (χ4v) is 2.23. The average molecular weight is 342 g/mol. The van der Waals surface area contributed by atoms with E-state index in [1.807, 2.05) is 20.8 Å². The minimum atomic E-state index is -0.579. The SMILES string of the molecule is CC(C)(C)OC(=O)CCCN1CCN(C(=O)OC(C)(C)C)CC1=O. The molecule has 0 aromatic heterocycles. The van der Waals surface area contributed by atoms with E-state index in [0.717, 1.165) is 0 Å². The summed E-state index contributed by atoms with van der Waals surface area (Å²) in [6.07, 6.45) is 0.355. The van der Waals surface area contributed by atoms with Gasteiger partial charge in [0.2, 0.25) is 5.91 Å². The summed E-state index contributed by atoms with van der Waals surface area (Å²) in [6.45, 7) is 12.2. The molecule has 0 unspecified atom stereocenters. The van der Waals surface area contributed by atoms with E-state index in [-0.39, 0.29) is 24.8 Å². The molecule has 138 valence electrons. The van der Waals surface area contributed by atoms with Crippen LogP contribution in [-0.4, -0.2) is 65.2 Å². The van der Waals surface area contributed by atoms with Gasteiger partial charge >= 0.3 is 12.1 Å². The molecule has 7 heteroatoms. The van der Waals surface area contributed by atoms with Crippen molar-refractivity contribution in [2.45, 2.75) is 65.6 Å². The Morgan fingerprint density at radius 2 is 1.58 bits per heavy atom. The molecule has 1 fully saturated rings. The second-order valence-electron chi connectivity index (χ2n) is 7.97. The van der Waals surface area contributed by atoms with E-state index in [2.05, 4.69) is 0 Å². The van der Waals surface area contributed by atoms with Crippen molar-refractivity contribution in [1.29, 1.82) is 0 Å². The Labute approximate surface area is 144 Å². The van der Waals surface area contributed by atoms with Gasteiger partial charge in [0.25, 0.3) is 0 Å². The summed E-state index contributed by atoms with van der Waals surface area (Å²) in [5.74, 6) is -0.390. The summed E-state index contributed by atoms with van der Waals surface area (Å²) in [4.78, 5) is 38.9. The summed E-state index contributed by atoms with van der Waals surface area (Å²) in [7, 11) is 0. The highest BCUT2D eigenvalue weighted by atomic mass is 16.6. The number of piperazine rings is 1. The Morgan fingerprint density at radius 3 is 2.08 bits per heavy atom. The van der Waals surface area contributed by atoms with Gasteiger partial charge in [-0.25, -0.2) is 4.79 Å². The predicted octanol–water partition coefficient (Wildman–Crippen LogP) is 2.19. The second kappa shape index (κ2) is 7.85. The van der Waals surface area contributed by atoms with Crippen molar-refractivity contribution in [3.63, 3.8) is 0 Å². The Morgan fingerprint density at radius 1 is 1.00 bits per heavy atom. The molecule has 1 aliphatic rings. The highest BCUT2D eigenvalue weighted by Crippen LogP contribution is 2.13. The topological polar surface area (TPSA) is 76.2 Å². The van der Waals surface area contributed by atoms with Gasteiger partial charge in [-0.05, 0) is 48.0 Å². The van der Waals surface area contributed by atoms with Gasteiger partial charge < -0.3 is 14.4 Å². The maximum atomic E-state index is 12.1. The third kappa shape index (κ3) is 7.66. The highest BCUT2D eigenvalue weighted by molar-refractivity contribution is 5.83. The highest BCUT2D eigenvalue weighted by Gasteiger charge is 2.30. The minimum Gasteiger partial charge on any atom is -0.460 e. The van der Waals surface area contributed by atoms with E-state index < -0.39 is 17.3 Å². The normalized spacial score (nSPS) is 16.2. The van der Waals surface area contributed by atoms with Crippen molar-refractivity contribution in [3.8, 4) is 0 Å². The maximum absolute atomic E-state index is 12.1. The fourth-order valence-electron chi connectivity index (χ4n) is 2.23. The summed E-state index contributed by atoms with van der Waals surface area (Å²) < 4.78 is 10.5. The number of esters is 1. The lowest BCUT2D eigenvalue weighted by atomic mass is 10.2. The molecule has 0 radical (unpaired) electrons. The van der Waals surface area contributed by atoms with Crippen molar-refractivity contribution in [1.82, 2.24) is 9.80 Å². The monoisotopic (exact) mass is 342 g/mol. The fraction of sp³-hybridized carbons (Fsp3) is 0.824. The van der Waals surface area contributed by atoms with Gasteiger partial charge in [-0.3, -0.25) is 14.5 Å². The van der Waals surface area contributed by atoms with Crippen LogP contribution in [0.5, 0.6) is 0 Å². The largest absolute Gasteiger partial charge is 0.460 e. The Kier molecular flexibility index (Phi) is 6.63. The standard InChI is InChI=1S/C17H30N2O5/c1-16(2,3)23-14(21)8-7-9-18-10-11-19(12-13(18)20)15(22)24-17(4,5)6/h7-12H2,1-6H3. The van der Waals surface area contributed by atoms with Crippen LogP contribution in [0.4, 0.5) is 4.79 Å². The predicted molar refractivity (Wildman–Crippen MR) is 89.5 cm³/mol. The third-order valence-corrected chi connectivity index (χ3v) is 3.20. The smallest absolute Gasteiger partial charge is 0.410 e. The molecule has 1 saturated heterocycles. The molecule has 1 heterocycles. The van der Waals surface area contributed by atoms with Crippen LogP contribution in [0.25, 0.3) is 0 Å². The minimum absolute atomic E-state index is 0.0152. The molecule has 0 bridgehead atoms. The molecule has 0 aliphatic carbocycles. The molecule has 0 spiro atoms. The molecular formula is C17H30N2O5. The average Bonchev–Trinajstić information content (AvgIpc) is 2.36. The van der Waals surface area contributed by atoms with E-state index in [0.29, 0.717) is 26.1 Å². The molecule has 1 aliphatic heterocycles. The van der Waals surface area contributed by atoms with E-state index in [1.54, 1.807) is 25.7 Å². The molecule has 0 N–H and O–H groups in total. The first-order valence-corrected chi connectivity index (χ1v) is 8.35.